The van der Waals surface area contributed by atoms with Crippen LogP contribution in [-0.4, -0.2) is 60.5 Å². The number of halogens is 1. The van der Waals surface area contributed by atoms with E-state index in [-0.39, 0.29) is 35.6 Å². The zero-order valence-electron chi connectivity index (χ0n) is 11.9. The number of aromatic nitrogens is 1. The molecule has 1 aromatic rings. The van der Waals surface area contributed by atoms with Crippen LogP contribution in [0.5, 0.6) is 0 Å². The Balaban J connectivity index is 0.00000176. The summed E-state index contributed by atoms with van der Waals surface area (Å²) in [6.07, 6.45) is 0. The molecule has 0 amide bonds. The Morgan fingerprint density at radius 3 is 2.64 bits per heavy atom. The van der Waals surface area contributed by atoms with Gasteiger partial charge in [-0.2, -0.15) is 0 Å². The van der Waals surface area contributed by atoms with E-state index in [1.165, 1.54) is 6.07 Å². The molecular formula is C13H18ClN3O4S. The highest BCUT2D eigenvalue weighted by atomic mass is 35.5. The van der Waals surface area contributed by atoms with Crippen LogP contribution in [0.25, 0.3) is 0 Å². The molecule has 0 radical (unpaired) electrons. The summed E-state index contributed by atoms with van der Waals surface area (Å²) in [5.74, 6) is -0.745. The van der Waals surface area contributed by atoms with Crippen LogP contribution in [0.1, 0.15) is 27.8 Å². The largest absolute Gasteiger partial charge is 0.477 e. The highest BCUT2D eigenvalue weighted by molar-refractivity contribution is 7.91. The Bertz CT molecular complexity index is 666. The number of hydrogen-bond acceptors (Lipinski definition) is 6. The molecule has 9 heteroatoms. The fourth-order valence-electron chi connectivity index (χ4n) is 2.84. The van der Waals surface area contributed by atoms with Crippen molar-refractivity contribution < 1.29 is 18.3 Å². The van der Waals surface area contributed by atoms with Gasteiger partial charge in [-0.25, -0.2) is 18.2 Å². The minimum atomic E-state index is -2.93. The first kappa shape index (κ1) is 17.1. The number of rotatable bonds is 2. The van der Waals surface area contributed by atoms with Gasteiger partial charge in [-0.05, 0) is 11.6 Å². The molecule has 2 N–H and O–H groups in total. The van der Waals surface area contributed by atoms with Gasteiger partial charge in [0.1, 0.15) is 5.69 Å². The van der Waals surface area contributed by atoms with E-state index in [0.717, 1.165) is 11.3 Å². The molecule has 1 unspecified atom stereocenters. The SMILES string of the molecule is Cl.O=C(O)c1ccc2c(n1)C(N1CCS(=O)(=O)CC1)CNC2. The second-order valence-corrected chi connectivity index (χ2v) is 7.68. The maximum atomic E-state index is 11.5. The van der Waals surface area contributed by atoms with E-state index in [9.17, 15) is 13.2 Å². The summed E-state index contributed by atoms with van der Waals surface area (Å²) in [6.45, 7) is 2.24. The van der Waals surface area contributed by atoms with Crippen LogP contribution < -0.4 is 5.32 Å². The number of aromatic carboxylic acids is 1. The molecule has 0 spiro atoms. The van der Waals surface area contributed by atoms with Crippen molar-refractivity contribution in [3.05, 3.63) is 29.1 Å². The predicted octanol–water partition coefficient (Wildman–Crippen LogP) is 0.0763. The summed E-state index contributed by atoms with van der Waals surface area (Å²) in [5.41, 5.74) is 1.77. The number of nitrogens with one attached hydrogen (secondary N) is 1. The fourth-order valence-corrected chi connectivity index (χ4v) is 4.07. The Hall–Kier alpha value is -1.22. The highest BCUT2D eigenvalue weighted by Gasteiger charge is 2.32. The maximum absolute atomic E-state index is 11.5. The van der Waals surface area contributed by atoms with Gasteiger partial charge in [0.2, 0.25) is 0 Å². The minimum Gasteiger partial charge on any atom is -0.477 e. The van der Waals surface area contributed by atoms with Gasteiger partial charge in [0.05, 0.1) is 23.2 Å². The van der Waals surface area contributed by atoms with Gasteiger partial charge >= 0.3 is 5.97 Å². The standard InChI is InChI=1S/C13H17N3O4S.ClH/c17-13(18)10-2-1-9-7-14-8-11(12(9)15-10)16-3-5-21(19,20)6-4-16;/h1-2,11,14H,3-8H2,(H,17,18);1H. The lowest BCUT2D eigenvalue weighted by Gasteiger charge is -2.37. The second-order valence-electron chi connectivity index (χ2n) is 5.38. The van der Waals surface area contributed by atoms with E-state index in [1.807, 2.05) is 0 Å². The van der Waals surface area contributed by atoms with Gasteiger partial charge in [0, 0.05) is 26.2 Å². The Morgan fingerprint density at radius 2 is 2.00 bits per heavy atom. The Kier molecular flexibility index (Phi) is 5.06. The van der Waals surface area contributed by atoms with E-state index in [0.29, 0.717) is 26.2 Å². The number of carbonyl (C=O) groups is 1. The molecule has 2 aliphatic heterocycles. The summed E-state index contributed by atoms with van der Waals surface area (Å²) >= 11 is 0. The van der Waals surface area contributed by atoms with E-state index in [1.54, 1.807) is 6.07 Å². The Labute approximate surface area is 135 Å². The number of carboxylic acids is 1. The lowest BCUT2D eigenvalue weighted by molar-refractivity contribution is 0.0689. The number of sulfone groups is 1. The quantitative estimate of drug-likeness (QED) is 0.781. The van der Waals surface area contributed by atoms with Crippen LogP contribution in [0.15, 0.2) is 12.1 Å². The molecule has 3 heterocycles. The number of fused-ring (bicyclic) bond motifs is 1. The first-order valence-electron chi connectivity index (χ1n) is 6.84. The molecule has 0 bridgehead atoms. The van der Waals surface area contributed by atoms with E-state index >= 15 is 0 Å². The van der Waals surface area contributed by atoms with E-state index < -0.39 is 15.8 Å². The van der Waals surface area contributed by atoms with Gasteiger partial charge < -0.3 is 10.4 Å². The normalized spacial score (nSPS) is 24.1. The molecular weight excluding hydrogens is 330 g/mol. The Morgan fingerprint density at radius 1 is 1.32 bits per heavy atom. The highest BCUT2D eigenvalue weighted by Crippen LogP contribution is 2.27. The van der Waals surface area contributed by atoms with Gasteiger partial charge in [-0.3, -0.25) is 4.90 Å². The third kappa shape index (κ3) is 3.40. The number of nitrogens with zero attached hydrogens (tertiary/aromatic N) is 2. The molecule has 1 atom stereocenters. The van der Waals surface area contributed by atoms with Crippen LogP contribution in [0.3, 0.4) is 0 Å². The van der Waals surface area contributed by atoms with E-state index in [4.69, 9.17) is 5.11 Å². The molecule has 1 aromatic heterocycles. The van der Waals surface area contributed by atoms with Crippen molar-refractivity contribution in [3.63, 3.8) is 0 Å². The molecule has 2 aliphatic rings. The number of carboxylic acid groups (broad SMARTS) is 1. The summed E-state index contributed by atoms with van der Waals surface area (Å²) in [5, 5.41) is 12.4. The zero-order valence-corrected chi connectivity index (χ0v) is 13.5. The molecule has 122 valence electrons. The first-order chi connectivity index (χ1) is 9.96. The summed E-state index contributed by atoms with van der Waals surface area (Å²) in [4.78, 5) is 17.4. The molecule has 1 fully saturated rings. The minimum absolute atomic E-state index is 0. The van der Waals surface area contributed by atoms with Gasteiger partial charge in [-0.1, -0.05) is 6.07 Å². The molecule has 1 saturated heterocycles. The average Bonchev–Trinajstić information content (AvgIpc) is 2.46. The monoisotopic (exact) mass is 347 g/mol. The fraction of sp³-hybridized carbons (Fsp3) is 0.538. The predicted molar refractivity (Wildman–Crippen MR) is 83.1 cm³/mol. The van der Waals surface area contributed by atoms with Crippen molar-refractivity contribution in [2.45, 2.75) is 12.6 Å². The molecule has 7 nitrogen and oxygen atoms in total. The van der Waals surface area contributed by atoms with Crippen molar-refractivity contribution in [1.82, 2.24) is 15.2 Å². The molecule has 3 rings (SSSR count). The lowest BCUT2D eigenvalue weighted by Crippen LogP contribution is -2.47. The van der Waals surface area contributed by atoms with Gasteiger partial charge in [0.15, 0.2) is 9.84 Å². The maximum Gasteiger partial charge on any atom is 0.354 e. The van der Waals surface area contributed by atoms with Gasteiger partial charge in [-0.15, -0.1) is 12.4 Å². The van der Waals surface area contributed by atoms with Crippen molar-refractivity contribution in [3.8, 4) is 0 Å². The zero-order chi connectivity index (χ0) is 15.0. The summed E-state index contributed by atoms with van der Waals surface area (Å²) in [7, 11) is -2.93. The second kappa shape index (κ2) is 6.49. The summed E-state index contributed by atoms with van der Waals surface area (Å²) < 4.78 is 23.1. The van der Waals surface area contributed by atoms with Crippen LogP contribution in [-0.2, 0) is 16.4 Å². The van der Waals surface area contributed by atoms with Crippen molar-refractivity contribution in [1.29, 1.82) is 0 Å². The van der Waals surface area contributed by atoms with Crippen LogP contribution in [0.2, 0.25) is 0 Å². The number of hydrogen-bond donors (Lipinski definition) is 2. The van der Waals surface area contributed by atoms with Crippen molar-refractivity contribution >= 4 is 28.2 Å². The smallest absolute Gasteiger partial charge is 0.354 e. The number of pyridine rings is 1. The first-order valence-corrected chi connectivity index (χ1v) is 8.67. The van der Waals surface area contributed by atoms with Crippen molar-refractivity contribution in [2.24, 2.45) is 0 Å². The third-order valence-corrected chi connectivity index (χ3v) is 5.63. The topological polar surface area (TPSA) is 99.6 Å². The average molecular weight is 348 g/mol. The van der Waals surface area contributed by atoms with Crippen LogP contribution >= 0.6 is 12.4 Å². The van der Waals surface area contributed by atoms with E-state index in [2.05, 4.69) is 15.2 Å². The molecule has 22 heavy (non-hydrogen) atoms. The third-order valence-electron chi connectivity index (χ3n) is 4.02. The van der Waals surface area contributed by atoms with Crippen LogP contribution in [0, 0.1) is 0 Å². The molecule has 0 saturated carbocycles. The van der Waals surface area contributed by atoms with Crippen LogP contribution in [0.4, 0.5) is 0 Å². The van der Waals surface area contributed by atoms with Gasteiger partial charge in [0.25, 0.3) is 0 Å². The van der Waals surface area contributed by atoms with Crippen molar-refractivity contribution in [2.75, 3.05) is 31.1 Å². The lowest BCUT2D eigenvalue weighted by atomic mass is 10.0. The summed E-state index contributed by atoms with van der Waals surface area (Å²) in [6, 6.07) is 3.22. The molecule has 0 aromatic carbocycles. The molecule has 0 aliphatic carbocycles.